The lowest BCUT2D eigenvalue weighted by Gasteiger charge is -2.35. The fourth-order valence-electron chi connectivity index (χ4n) is 3.12. The van der Waals surface area contributed by atoms with Gasteiger partial charge in [0, 0.05) is 25.7 Å². The van der Waals surface area contributed by atoms with Crippen molar-refractivity contribution < 1.29 is 19.0 Å². The zero-order chi connectivity index (χ0) is 18.8. The summed E-state index contributed by atoms with van der Waals surface area (Å²) in [5.41, 5.74) is 0. The van der Waals surface area contributed by atoms with Gasteiger partial charge in [0.05, 0.1) is 19.8 Å². The third-order valence-corrected chi connectivity index (χ3v) is 4.35. The maximum absolute atomic E-state index is 12.2. The Kier molecular flexibility index (Phi) is 8.71. The van der Waals surface area contributed by atoms with E-state index in [0.29, 0.717) is 36.6 Å². The van der Waals surface area contributed by atoms with Crippen LogP contribution >= 0.6 is 0 Å². The molecule has 1 aliphatic heterocycles. The van der Waals surface area contributed by atoms with Crippen molar-refractivity contribution in [1.29, 1.82) is 0 Å². The first-order valence-corrected chi connectivity index (χ1v) is 9.53. The summed E-state index contributed by atoms with van der Waals surface area (Å²) in [6.45, 7) is 10.9. The lowest BCUT2D eigenvalue weighted by Crippen LogP contribution is -2.49. The number of carbonyl (C=O) groups is 1. The monoisotopic (exact) mass is 364 g/mol. The number of amides is 1. The van der Waals surface area contributed by atoms with Crippen molar-refractivity contribution in [2.45, 2.75) is 33.2 Å². The van der Waals surface area contributed by atoms with Crippen molar-refractivity contribution in [3.63, 3.8) is 0 Å². The summed E-state index contributed by atoms with van der Waals surface area (Å²) in [5.74, 6) is 1.72. The van der Waals surface area contributed by atoms with Crippen LogP contribution in [0, 0.1) is 5.92 Å². The van der Waals surface area contributed by atoms with Crippen LogP contribution in [0.25, 0.3) is 0 Å². The molecule has 1 heterocycles. The van der Waals surface area contributed by atoms with Gasteiger partial charge in [-0.2, -0.15) is 0 Å². The first kappa shape index (κ1) is 20.5. The van der Waals surface area contributed by atoms with Gasteiger partial charge in [0.15, 0.2) is 18.1 Å². The number of hydrogen-bond acceptors (Lipinski definition) is 5. The van der Waals surface area contributed by atoms with E-state index in [1.807, 2.05) is 31.2 Å². The van der Waals surface area contributed by atoms with Crippen LogP contribution in [0.3, 0.4) is 0 Å². The molecule has 1 fully saturated rings. The molecule has 0 saturated carbocycles. The number of carbonyl (C=O) groups excluding carboxylic acids is 1. The van der Waals surface area contributed by atoms with Crippen LogP contribution in [0.5, 0.6) is 11.5 Å². The van der Waals surface area contributed by atoms with E-state index in [2.05, 4.69) is 24.1 Å². The van der Waals surface area contributed by atoms with Crippen molar-refractivity contribution >= 4 is 5.91 Å². The van der Waals surface area contributed by atoms with E-state index in [1.54, 1.807) is 0 Å². The molecule has 1 saturated heterocycles. The molecule has 26 heavy (non-hydrogen) atoms. The van der Waals surface area contributed by atoms with Crippen LogP contribution in [0.1, 0.15) is 27.2 Å². The molecule has 2 rings (SSSR count). The van der Waals surface area contributed by atoms with E-state index in [0.717, 1.165) is 32.7 Å². The molecule has 0 aromatic heterocycles. The van der Waals surface area contributed by atoms with E-state index >= 15 is 0 Å². The highest BCUT2D eigenvalue weighted by atomic mass is 16.5. The Morgan fingerprint density at radius 2 is 1.85 bits per heavy atom. The fraction of sp³-hybridized carbons (Fsp3) is 0.650. The molecule has 1 aliphatic rings. The third kappa shape index (κ3) is 6.84. The van der Waals surface area contributed by atoms with Crippen LogP contribution in [0.15, 0.2) is 24.3 Å². The Labute approximate surface area is 156 Å². The van der Waals surface area contributed by atoms with E-state index in [4.69, 9.17) is 14.2 Å². The number of morpholine rings is 1. The Morgan fingerprint density at radius 1 is 1.19 bits per heavy atom. The molecule has 0 spiro atoms. The van der Waals surface area contributed by atoms with Crippen molar-refractivity contribution in [2.75, 3.05) is 46.1 Å². The van der Waals surface area contributed by atoms with E-state index in [-0.39, 0.29) is 12.5 Å². The summed E-state index contributed by atoms with van der Waals surface area (Å²) in [6.07, 6.45) is 1.05. The smallest absolute Gasteiger partial charge is 0.257 e. The summed E-state index contributed by atoms with van der Waals surface area (Å²) >= 11 is 0. The van der Waals surface area contributed by atoms with Gasteiger partial charge in [0.25, 0.3) is 5.91 Å². The van der Waals surface area contributed by atoms with Gasteiger partial charge in [-0.3, -0.25) is 9.69 Å². The van der Waals surface area contributed by atoms with Gasteiger partial charge in [0.2, 0.25) is 0 Å². The van der Waals surface area contributed by atoms with Crippen LogP contribution < -0.4 is 14.8 Å². The number of ether oxygens (including phenoxy) is 3. The maximum atomic E-state index is 12.2. The molecule has 6 heteroatoms. The topological polar surface area (TPSA) is 60.0 Å². The van der Waals surface area contributed by atoms with Crippen LogP contribution in [0.2, 0.25) is 0 Å². The van der Waals surface area contributed by atoms with Gasteiger partial charge < -0.3 is 19.5 Å². The number of rotatable bonds is 10. The molecule has 1 atom stereocenters. The fourth-order valence-corrected chi connectivity index (χ4v) is 3.12. The molecular formula is C20H32N2O4. The molecule has 6 nitrogen and oxygen atoms in total. The highest BCUT2D eigenvalue weighted by Crippen LogP contribution is 2.26. The van der Waals surface area contributed by atoms with E-state index in [9.17, 15) is 4.79 Å². The molecule has 146 valence electrons. The molecule has 0 radical (unpaired) electrons. The highest BCUT2D eigenvalue weighted by molar-refractivity contribution is 5.77. The van der Waals surface area contributed by atoms with Gasteiger partial charge in [-0.1, -0.05) is 26.0 Å². The Morgan fingerprint density at radius 3 is 2.46 bits per heavy atom. The maximum Gasteiger partial charge on any atom is 0.257 e. The molecule has 1 unspecified atom stereocenters. The zero-order valence-electron chi connectivity index (χ0n) is 16.2. The summed E-state index contributed by atoms with van der Waals surface area (Å²) in [7, 11) is 0. The summed E-state index contributed by atoms with van der Waals surface area (Å²) < 4.78 is 16.6. The molecule has 1 amide bonds. The third-order valence-electron chi connectivity index (χ3n) is 4.35. The highest BCUT2D eigenvalue weighted by Gasteiger charge is 2.22. The first-order valence-electron chi connectivity index (χ1n) is 9.53. The standard InChI is InChI=1S/C20H32N2O4/c1-4-25-18-7-5-6-8-19(18)26-15-20(23)21-14-17(13-16(2)3)22-9-11-24-12-10-22/h5-8,16-17H,4,9-15H2,1-3H3,(H,21,23). The van der Waals surface area contributed by atoms with Crippen LogP contribution in [-0.4, -0.2) is 62.9 Å². The van der Waals surface area contributed by atoms with Crippen molar-refractivity contribution in [1.82, 2.24) is 10.2 Å². The molecule has 0 bridgehead atoms. The van der Waals surface area contributed by atoms with E-state index < -0.39 is 0 Å². The SMILES string of the molecule is CCOc1ccccc1OCC(=O)NCC(CC(C)C)N1CCOCC1. The second kappa shape index (κ2) is 11.0. The van der Waals surface area contributed by atoms with E-state index in [1.165, 1.54) is 0 Å². The van der Waals surface area contributed by atoms with Gasteiger partial charge >= 0.3 is 0 Å². The quantitative estimate of drug-likeness (QED) is 0.690. The predicted molar refractivity (Wildman–Crippen MR) is 102 cm³/mol. The zero-order valence-corrected chi connectivity index (χ0v) is 16.2. The normalized spacial score (nSPS) is 16.3. The average Bonchev–Trinajstić information content (AvgIpc) is 2.65. The van der Waals surface area contributed by atoms with Crippen LogP contribution in [0.4, 0.5) is 0 Å². The van der Waals surface area contributed by atoms with Gasteiger partial charge in [-0.15, -0.1) is 0 Å². The Balaban J connectivity index is 1.82. The largest absolute Gasteiger partial charge is 0.490 e. The van der Waals surface area contributed by atoms with Crippen LogP contribution in [-0.2, 0) is 9.53 Å². The Bertz CT molecular complexity index is 544. The van der Waals surface area contributed by atoms with Gasteiger partial charge in [0.1, 0.15) is 0 Å². The minimum Gasteiger partial charge on any atom is -0.490 e. The number of benzene rings is 1. The lowest BCUT2D eigenvalue weighted by atomic mass is 10.0. The number of hydrogen-bond donors (Lipinski definition) is 1. The average molecular weight is 364 g/mol. The Hall–Kier alpha value is -1.79. The molecule has 0 aliphatic carbocycles. The first-order chi connectivity index (χ1) is 12.6. The van der Waals surface area contributed by atoms with Crippen molar-refractivity contribution in [3.05, 3.63) is 24.3 Å². The number of nitrogens with one attached hydrogen (secondary N) is 1. The van der Waals surface area contributed by atoms with Gasteiger partial charge in [-0.05, 0) is 31.4 Å². The van der Waals surface area contributed by atoms with Crippen molar-refractivity contribution in [3.8, 4) is 11.5 Å². The minimum atomic E-state index is -0.113. The number of para-hydroxylation sites is 2. The summed E-state index contributed by atoms with van der Waals surface area (Å²) in [6, 6.07) is 7.74. The molecule has 1 N–H and O–H groups in total. The second-order valence-corrected chi connectivity index (χ2v) is 6.90. The molecular weight excluding hydrogens is 332 g/mol. The predicted octanol–water partition coefficient (Wildman–Crippen LogP) is 2.33. The lowest BCUT2D eigenvalue weighted by molar-refractivity contribution is -0.123. The summed E-state index contributed by atoms with van der Waals surface area (Å²) in [4.78, 5) is 14.7. The molecule has 1 aromatic carbocycles. The van der Waals surface area contributed by atoms with Gasteiger partial charge in [-0.25, -0.2) is 0 Å². The summed E-state index contributed by atoms with van der Waals surface area (Å²) in [5, 5.41) is 3.02. The second-order valence-electron chi connectivity index (χ2n) is 6.90. The minimum absolute atomic E-state index is 0.0123. The van der Waals surface area contributed by atoms with Crippen molar-refractivity contribution in [2.24, 2.45) is 5.92 Å². The number of nitrogens with zero attached hydrogens (tertiary/aromatic N) is 1. The molecule has 1 aromatic rings.